The molecule has 1 saturated carbocycles. The third-order valence-electron chi connectivity index (χ3n) is 3.82. The summed E-state index contributed by atoms with van der Waals surface area (Å²) in [4.78, 5) is 11.4. The number of hydrogen-bond acceptors (Lipinski definition) is 4. The van der Waals surface area contributed by atoms with Crippen LogP contribution in [0, 0.1) is 0 Å². The number of aliphatic carboxylic acids is 1. The topological polar surface area (TPSA) is 89.8 Å². The van der Waals surface area contributed by atoms with Crippen LogP contribution in [0.4, 0.5) is 0 Å². The quantitative estimate of drug-likeness (QED) is 0.652. The molecule has 1 aliphatic rings. The molecule has 0 aromatic heterocycles. The molecule has 0 aliphatic heterocycles. The monoisotopic (exact) mass is 279 g/mol. The van der Waals surface area contributed by atoms with Crippen molar-refractivity contribution in [2.75, 3.05) is 0 Å². The third-order valence-corrected chi connectivity index (χ3v) is 3.82. The lowest BCUT2D eigenvalue weighted by molar-refractivity contribution is -0.140. The fourth-order valence-corrected chi connectivity index (χ4v) is 2.65. The molecule has 20 heavy (non-hydrogen) atoms. The Labute approximate surface area is 118 Å². The van der Waals surface area contributed by atoms with E-state index in [0.29, 0.717) is 6.42 Å². The van der Waals surface area contributed by atoms with Crippen molar-refractivity contribution in [3.63, 3.8) is 0 Å². The second-order valence-electron chi connectivity index (χ2n) is 5.39. The van der Waals surface area contributed by atoms with Gasteiger partial charge in [0.05, 0.1) is 6.10 Å². The van der Waals surface area contributed by atoms with Crippen LogP contribution in [0.15, 0.2) is 24.3 Å². The van der Waals surface area contributed by atoms with E-state index in [1.54, 1.807) is 24.3 Å². The maximum Gasteiger partial charge on any atom is 0.321 e. The van der Waals surface area contributed by atoms with E-state index in [2.05, 4.69) is 5.32 Å². The van der Waals surface area contributed by atoms with Crippen LogP contribution in [0.3, 0.4) is 0 Å². The van der Waals surface area contributed by atoms with Crippen molar-refractivity contribution in [1.29, 1.82) is 0 Å². The fraction of sp³-hybridized carbons (Fsp3) is 0.533. The molecule has 0 spiro atoms. The summed E-state index contributed by atoms with van der Waals surface area (Å²) in [5.74, 6) is -0.757. The molecule has 0 saturated heterocycles. The summed E-state index contributed by atoms with van der Waals surface area (Å²) >= 11 is 0. The van der Waals surface area contributed by atoms with Crippen molar-refractivity contribution in [1.82, 2.24) is 5.32 Å². The molecule has 1 aliphatic carbocycles. The van der Waals surface area contributed by atoms with Gasteiger partial charge in [0.15, 0.2) is 0 Å². The average molecular weight is 279 g/mol. The molecule has 5 heteroatoms. The molecule has 0 heterocycles. The molecule has 0 bridgehead atoms. The summed E-state index contributed by atoms with van der Waals surface area (Å²) in [5.41, 5.74) is 0.841. The van der Waals surface area contributed by atoms with Gasteiger partial charge in [0.25, 0.3) is 0 Å². The van der Waals surface area contributed by atoms with E-state index in [4.69, 9.17) is 0 Å². The summed E-state index contributed by atoms with van der Waals surface area (Å²) in [6.45, 7) is 0. The highest BCUT2D eigenvalue weighted by Crippen LogP contribution is 2.19. The lowest BCUT2D eigenvalue weighted by Crippen LogP contribution is -2.50. The molecule has 0 unspecified atom stereocenters. The number of hydrogen-bond donors (Lipinski definition) is 4. The van der Waals surface area contributed by atoms with Crippen LogP contribution in [-0.4, -0.2) is 39.5 Å². The minimum Gasteiger partial charge on any atom is -0.508 e. The zero-order valence-corrected chi connectivity index (χ0v) is 11.3. The van der Waals surface area contributed by atoms with Gasteiger partial charge in [-0.15, -0.1) is 0 Å². The minimum absolute atomic E-state index is 0.151. The Hall–Kier alpha value is -1.59. The van der Waals surface area contributed by atoms with Crippen LogP contribution >= 0.6 is 0 Å². The first-order valence-electron chi connectivity index (χ1n) is 7.01. The average Bonchev–Trinajstić information content (AvgIpc) is 2.42. The van der Waals surface area contributed by atoms with Gasteiger partial charge >= 0.3 is 5.97 Å². The Kier molecular flexibility index (Phi) is 4.98. The molecule has 0 amide bonds. The lowest BCUT2D eigenvalue weighted by Gasteiger charge is -2.31. The number of aliphatic hydroxyl groups is 1. The van der Waals surface area contributed by atoms with Crippen molar-refractivity contribution in [2.45, 2.75) is 50.3 Å². The smallest absolute Gasteiger partial charge is 0.321 e. The van der Waals surface area contributed by atoms with Crippen LogP contribution in [0.5, 0.6) is 5.75 Å². The third kappa shape index (κ3) is 3.95. The highest BCUT2D eigenvalue weighted by molar-refractivity contribution is 5.74. The van der Waals surface area contributed by atoms with E-state index in [1.165, 1.54) is 0 Å². The minimum atomic E-state index is -0.921. The standard InChI is InChI=1S/C15H21NO4/c17-11-7-5-10(6-8-11)9-13(15(19)20)16-12-3-1-2-4-14(12)18/h5-8,12-14,16-18H,1-4,9H2,(H,19,20)/t12-,13+,14-/m1/s1. The van der Waals surface area contributed by atoms with E-state index < -0.39 is 18.1 Å². The van der Waals surface area contributed by atoms with Crippen LogP contribution in [-0.2, 0) is 11.2 Å². The van der Waals surface area contributed by atoms with Gasteiger partial charge in [0.1, 0.15) is 11.8 Å². The number of rotatable bonds is 5. The number of carbonyl (C=O) groups is 1. The van der Waals surface area contributed by atoms with Gasteiger partial charge in [-0.1, -0.05) is 25.0 Å². The molecular weight excluding hydrogens is 258 g/mol. The van der Waals surface area contributed by atoms with Crippen molar-refractivity contribution in [3.05, 3.63) is 29.8 Å². The van der Waals surface area contributed by atoms with E-state index in [0.717, 1.165) is 31.2 Å². The number of carboxylic acids is 1. The molecule has 1 aromatic carbocycles. The van der Waals surface area contributed by atoms with E-state index in [9.17, 15) is 20.1 Å². The largest absolute Gasteiger partial charge is 0.508 e. The first-order valence-corrected chi connectivity index (χ1v) is 7.01. The number of phenols is 1. The van der Waals surface area contributed by atoms with Crippen molar-refractivity contribution in [3.8, 4) is 5.75 Å². The summed E-state index contributed by atoms with van der Waals surface area (Å²) in [6, 6.07) is 5.64. The van der Waals surface area contributed by atoms with E-state index in [-0.39, 0.29) is 11.8 Å². The van der Waals surface area contributed by atoms with Crippen LogP contribution in [0.1, 0.15) is 31.2 Å². The van der Waals surface area contributed by atoms with Crippen LogP contribution in [0.2, 0.25) is 0 Å². The number of phenolic OH excluding ortho intramolecular Hbond substituents is 1. The molecule has 2 rings (SSSR count). The highest BCUT2D eigenvalue weighted by atomic mass is 16.4. The predicted molar refractivity (Wildman–Crippen MR) is 74.6 cm³/mol. The van der Waals surface area contributed by atoms with Gasteiger partial charge in [-0.2, -0.15) is 0 Å². The number of nitrogens with one attached hydrogen (secondary N) is 1. The summed E-state index contributed by atoms with van der Waals surface area (Å²) in [6.07, 6.45) is 3.41. The molecule has 4 N–H and O–H groups in total. The van der Waals surface area contributed by atoms with Crippen LogP contribution < -0.4 is 5.32 Å². The predicted octanol–water partition coefficient (Wildman–Crippen LogP) is 1.28. The number of aromatic hydroxyl groups is 1. The zero-order valence-electron chi connectivity index (χ0n) is 11.3. The van der Waals surface area contributed by atoms with Crippen LogP contribution in [0.25, 0.3) is 0 Å². The normalized spacial score (nSPS) is 24.2. The van der Waals surface area contributed by atoms with Crippen molar-refractivity contribution < 1.29 is 20.1 Å². The maximum absolute atomic E-state index is 11.4. The Bertz CT molecular complexity index is 446. The summed E-state index contributed by atoms with van der Waals surface area (Å²) in [5, 5.41) is 31.5. The molecule has 0 radical (unpaired) electrons. The van der Waals surface area contributed by atoms with E-state index in [1.807, 2.05) is 0 Å². The van der Waals surface area contributed by atoms with Gasteiger partial charge in [0, 0.05) is 6.04 Å². The number of aliphatic hydroxyl groups excluding tert-OH is 1. The molecule has 5 nitrogen and oxygen atoms in total. The van der Waals surface area contributed by atoms with E-state index >= 15 is 0 Å². The molecule has 1 fully saturated rings. The summed E-state index contributed by atoms with van der Waals surface area (Å²) < 4.78 is 0. The van der Waals surface area contributed by atoms with Gasteiger partial charge in [0.2, 0.25) is 0 Å². The molecule has 3 atom stereocenters. The molecular formula is C15H21NO4. The number of benzene rings is 1. The van der Waals surface area contributed by atoms with Crippen molar-refractivity contribution in [2.24, 2.45) is 0 Å². The fourth-order valence-electron chi connectivity index (χ4n) is 2.65. The highest BCUT2D eigenvalue weighted by Gasteiger charge is 2.28. The van der Waals surface area contributed by atoms with Gasteiger partial charge in [-0.05, 0) is 37.0 Å². The Balaban J connectivity index is 1.99. The second kappa shape index (κ2) is 6.72. The Morgan fingerprint density at radius 1 is 1.25 bits per heavy atom. The van der Waals surface area contributed by atoms with Crippen molar-refractivity contribution >= 4 is 5.97 Å². The van der Waals surface area contributed by atoms with Gasteiger partial charge in [-0.3, -0.25) is 10.1 Å². The molecule has 110 valence electrons. The second-order valence-corrected chi connectivity index (χ2v) is 5.39. The Morgan fingerprint density at radius 3 is 2.50 bits per heavy atom. The Morgan fingerprint density at radius 2 is 1.90 bits per heavy atom. The summed E-state index contributed by atoms with van der Waals surface area (Å²) in [7, 11) is 0. The first-order chi connectivity index (χ1) is 9.56. The molecule has 1 aromatic rings. The first kappa shape index (κ1) is 14.8. The SMILES string of the molecule is O=C(O)[C@H](Cc1ccc(O)cc1)N[C@@H]1CCCC[C@H]1O. The van der Waals surface area contributed by atoms with Gasteiger partial charge < -0.3 is 15.3 Å². The zero-order chi connectivity index (χ0) is 14.5. The maximum atomic E-state index is 11.4. The number of carboxylic acid groups (broad SMARTS) is 1. The lowest BCUT2D eigenvalue weighted by atomic mass is 9.91. The van der Waals surface area contributed by atoms with Gasteiger partial charge in [-0.25, -0.2) is 0 Å².